The predicted molar refractivity (Wildman–Crippen MR) is 149 cm³/mol. The molecular weight excluding hydrogens is 478 g/mol. The number of aliphatic hydroxyl groups is 1. The first-order chi connectivity index (χ1) is 18.4. The van der Waals surface area contributed by atoms with Gasteiger partial charge in [-0.15, -0.1) is 0 Å². The summed E-state index contributed by atoms with van der Waals surface area (Å²) >= 11 is 0. The molecule has 3 aromatic rings. The van der Waals surface area contributed by atoms with E-state index in [1.807, 2.05) is 73.4 Å². The van der Waals surface area contributed by atoms with Gasteiger partial charge in [0.2, 0.25) is 5.91 Å². The van der Waals surface area contributed by atoms with Gasteiger partial charge in [0.1, 0.15) is 17.9 Å². The summed E-state index contributed by atoms with van der Waals surface area (Å²) in [5.41, 5.74) is 2.82. The molecule has 5 rings (SSSR count). The third-order valence-corrected chi connectivity index (χ3v) is 8.47. The van der Waals surface area contributed by atoms with Gasteiger partial charge in [0.05, 0.1) is 5.60 Å². The van der Waals surface area contributed by atoms with Gasteiger partial charge in [0, 0.05) is 41.9 Å². The number of benzene rings is 2. The van der Waals surface area contributed by atoms with E-state index in [1.165, 1.54) is 0 Å². The summed E-state index contributed by atoms with van der Waals surface area (Å²) in [7, 11) is 0. The molecular formula is C32H37NO5. The molecule has 1 aliphatic heterocycles. The van der Waals surface area contributed by atoms with E-state index in [-0.39, 0.29) is 18.2 Å². The van der Waals surface area contributed by atoms with Crippen molar-refractivity contribution in [3.8, 4) is 5.75 Å². The number of nitrogens with zero attached hydrogens (tertiary/aromatic N) is 1. The van der Waals surface area contributed by atoms with Gasteiger partial charge in [-0.3, -0.25) is 4.79 Å². The van der Waals surface area contributed by atoms with Crippen molar-refractivity contribution in [2.24, 2.45) is 5.92 Å². The van der Waals surface area contributed by atoms with E-state index in [4.69, 9.17) is 9.15 Å². The second-order valence-electron chi connectivity index (χ2n) is 10.8. The third kappa shape index (κ3) is 5.41. The Kier molecular flexibility index (Phi) is 7.70. The van der Waals surface area contributed by atoms with E-state index >= 15 is 0 Å². The summed E-state index contributed by atoms with van der Waals surface area (Å²) in [6.07, 6.45) is 9.21. The molecule has 2 aliphatic rings. The summed E-state index contributed by atoms with van der Waals surface area (Å²) in [6.45, 7) is 5.42. The molecule has 6 nitrogen and oxygen atoms in total. The van der Waals surface area contributed by atoms with Crippen molar-refractivity contribution in [2.75, 3.05) is 19.7 Å². The Morgan fingerprint density at radius 2 is 1.95 bits per heavy atom. The van der Waals surface area contributed by atoms with Crippen molar-refractivity contribution >= 4 is 23.0 Å². The highest BCUT2D eigenvalue weighted by atomic mass is 16.5. The van der Waals surface area contributed by atoms with Crippen molar-refractivity contribution in [2.45, 2.75) is 64.4 Å². The fourth-order valence-electron chi connectivity index (χ4n) is 6.09. The van der Waals surface area contributed by atoms with Gasteiger partial charge in [0.25, 0.3) is 0 Å². The van der Waals surface area contributed by atoms with Gasteiger partial charge in [-0.25, -0.2) is 4.79 Å². The van der Waals surface area contributed by atoms with Crippen molar-refractivity contribution in [1.29, 1.82) is 0 Å². The molecule has 6 heteroatoms. The maximum Gasteiger partial charge on any atom is 0.339 e. The molecule has 1 N–H and O–H groups in total. The maximum atomic E-state index is 13.0. The van der Waals surface area contributed by atoms with Crippen molar-refractivity contribution in [3.63, 3.8) is 0 Å². The Bertz CT molecular complexity index is 1390. The summed E-state index contributed by atoms with van der Waals surface area (Å²) in [4.78, 5) is 27.9. The number of carbonyl (C=O) groups is 1. The van der Waals surface area contributed by atoms with E-state index < -0.39 is 11.2 Å². The number of carbonyl (C=O) groups excluding carboxylic acids is 1. The lowest BCUT2D eigenvalue weighted by molar-refractivity contribution is -0.143. The molecule has 0 radical (unpaired) electrons. The molecule has 1 aromatic heterocycles. The van der Waals surface area contributed by atoms with Crippen molar-refractivity contribution < 1.29 is 19.1 Å². The van der Waals surface area contributed by atoms with E-state index in [0.717, 1.165) is 47.8 Å². The topological polar surface area (TPSA) is 80.0 Å². The molecule has 1 saturated carbocycles. The first kappa shape index (κ1) is 26.2. The smallest absolute Gasteiger partial charge is 0.339 e. The Labute approximate surface area is 223 Å². The van der Waals surface area contributed by atoms with Crippen LogP contribution in [0.15, 0.2) is 57.8 Å². The molecule has 38 heavy (non-hydrogen) atoms. The van der Waals surface area contributed by atoms with Crippen LogP contribution in [0.2, 0.25) is 0 Å². The second-order valence-corrected chi connectivity index (χ2v) is 10.8. The lowest BCUT2D eigenvalue weighted by Crippen LogP contribution is -2.54. The minimum absolute atomic E-state index is 0.0417. The standard InChI is InChI=1S/C32H37NO5/c1-22-26-13-15-28(37-20-8-11-24-9-4-3-5-10-24)23(2)30(26)38-31(35)27(22)14-16-29(34)33-19-18-32(36)17-7-6-12-25(32)21-33/h3-5,8-11,13,15,25,36H,6-7,12,14,16-21H2,1-2H3/b11-8+/t25-,32-/m1/s1. The van der Waals surface area contributed by atoms with Crippen LogP contribution in [-0.4, -0.2) is 41.2 Å². The molecule has 0 unspecified atom stereocenters. The van der Waals surface area contributed by atoms with E-state index in [9.17, 15) is 14.7 Å². The van der Waals surface area contributed by atoms with Crippen molar-refractivity contribution in [1.82, 2.24) is 4.90 Å². The molecule has 0 spiro atoms. The maximum absolute atomic E-state index is 13.0. The zero-order valence-corrected chi connectivity index (χ0v) is 22.4. The SMILES string of the molecule is Cc1c(CCC(=O)N2CC[C@]3(O)CCCC[C@@H]3C2)c(=O)oc2c(C)c(OC/C=C/c3ccccc3)ccc12. The van der Waals surface area contributed by atoms with Crippen LogP contribution in [0.5, 0.6) is 5.75 Å². The van der Waals surface area contributed by atoms with Crippen LogP contribution >= 0.6 is 0 Å². The lowest BCUT2D eigenvalue weighted by atomic mass is 9.71. The lowest BCUT2D eigenvalue weighted by Gasteiger charge is -2.47. The van der Waals surface area contributed by atoms with Crippen LogP contribution in [0.25, 0.3) is 17.0 Å². The van der Waals surface area contributed by atoms with Gasteiger partial charge in [-0.05, 0) is 68.9 Å². The Balaban J connectivity index is 1.25. The fourth-order valence-corrected chi connectivity index (χ4v) is 6.09. The number of ether oxygens (including phenoxy) is 1. The number of rotatable bonds is 7. The normalized spacial score (nSPS) is 21.6. The highest BCUT2D eigenvalue weighted by Gasteiger charge is 2.43. The molecule has 1 amide bonds. The zero-order chi connectivity index (χ0) is 26.7. The van der Waals surface area contributed by atoms with Crippen LogP contribution < -0.4 is 10.4 Å². The number of piperidine rings is 1. The minimum atomic E-state index is -0.607. The molecule has 2 aromatic carbocycles. The summed E-state index contributed by atoms with van der Waals surface area (Å²) in [6, 6.07) is 13.9. The van der Waals surface area contributed by atoms with Crippen LogP contribution in [0.4, 0.5) is 0 Å². The number of aryl methyl sites for hydroxylation is 2. The highest BCUT2D eigenvalue weighted by Crippen LogP contribution is 2.40. The largest absolute Gasteiger partial charge is 0.489 e. The molecule has 0 bridgehead atoms. The first-order valence-corrected chi connectivity index (χ1v) is 13.8. The Morgan fingerprint density at radius 1 is 1.13 bits per heavy atom. The highest BCUT2D eigenvalue weighted by molar-refractivity contribution is 5.86. The quantitative estimate of drug-likeness (QED) is 0.415. The van der Waals surface area contributed by atoms with Crippen LogP contribution in [0, 0.1) is 19.8 Å². The van der Waals surface area contributed by atoms with E-state index in [1.54, 1.807) is 0 Å². The predicted octanol–water partition coefficient (Wildman–Crippen LogP) is 5.59. The van der Waals surface area contributed by atoms with E-state index in [0.29, 0.717) is 49.4 Å². The summed E-state index contributed by atoms with van der Waals surface area (Å²) in [5.74, 6) is 0.878. The number of amides is 1. The van der Waals surface area contributed by atoms with Crippen LogP contribution in [0.3, 0.4) is 0 Å². The molecule has 2 fully saturated rings. The average molecular weight is 516 g/mol. The summed E-state index contributed by atoms with van der Waals surface area (Å²) in [5, 5.41) is 11.8. The number of hydrogen-bond acceptors (Lipinski definition) is 5. The second kappa shape index (κ2) is 11.2. The molecule has 1 aliphatic carbocycles. The molecule has 200 valence electrons. The Morgan fingerprint density at radius 3 is 2.76 bits per heavy atom. The van der Waals surface area contributed by atoms with Gasteiger partial charge >= 0.3 is 5.63 Å². The molecule has 2 atom stereocenters. The van der Waals surface area contributed by atoms with Gasteiger partial charge in [-0.2, -0.15) is 0 Å². The zero-order valence-electron chi connectivity index (χ0n) is 22.4. The van der Waals surface area contributed by atoms with Crippen molar-refractivity contribution in [3.05, 3.63) is 81.2 Å². The monoisotopic (exact) mass is 515 g/mol. The first-order valence-electron chi connectivity index (χ1n) is 13.8. The molecule has 1 saturated heterocycles. The van der Waals surface area contributed by atoms with E-state index in [2.05, 4.69) is 0 Å². The number of fused-ring (bicyclic) bond motifs is 2. The number of likely N-dealkylation sites (tertiary alicyclic amines) is 1. The van der Waals surface area contributed by atoms with Gasteiger partial charge < -0.3 is 19.2 Å². The number of hydrogen-bond donors (Lipinski definition) is 1. The van der Waals surface area contributed by atoms with Gasteiger partial charge in [0.15, 0.2) is 0 Å². The molecule has 2 heterocycles. The third-order valence-electron chi connectivity index (χ3n) is 8.47. The fraction of sp³-hybridized carbons (Fsp3) is 0.438. The summed E-state index contributed by atoms with van der Waals surface area (Å²) < 4.78 is 11.7. The minimum Gasteiger partial charge on any atom is -0.489 e. The average Bonchev–Trinajstić information content (AvgIpc) is 2.92. The van der Waals surface area contributed by atoms with Crippen LogP contribution in [0.1, 0.15) is 60.8 Å². The van der Waals surface area contributed by atoms with Gasteiger partial charge in [-0.1, -0.05) is 49.2 Å². The Hall–Kier alpha value is -3.38. The van der Waals surface area contributed by atoms with Crippen LogP contribution in [-0.2, 0) is 11.2 Å².